The van der Waals surface area contributed by atoms with Crippen LogP contribution in [0.4, 0.5) is 0 Å². The molecule has 0 aliphatic heterocycles. The third kappa shape index (κ3) is 3.06. The maximum Gasteiger partial charge on any atom is 0.242 e. The minimum Gasteiger partial charge on any atom is -0.467 e. The van der Waals surface area contributed by atoms with Crippen LogP contribution >= 0.6 is 11.7 Å². The summed E-state index contributed by atoms with van der Waals surface area (Å²) in [5.74, 6) is 0.611. The fraction of sp³-hybridized carbons (Fsp3) is 0.133. The van der Waals surface area contributed by atoms with Crippen LogP contribution in [0.15, 0.2) is 64.4 Å². The Kier molecular flexibility index (Phi) is 4.07. The molecule has 1 aromatic carbocycles. The minimum atomic E-state index is -3.76. The van der Waals surface area contributed by atoms with Gasteiger partial charge in [-0.25, -0.2) is 13.1 Å². The smallest absolute Gasteiger partial charge is 0.242 e. The Balaban J connectivity index is 1.63. The molecule has 3 aromatic heterocycles. The largest absolute Gasteiger partial charge is 0.467 e. The lowest BCUT2D eigenvalue weighted by Gasteiger charge is -2.16. The first-order valence-electron chi connectivity index (χ1n) is 7.38. The second-order valence-electron chi connectivity index (χ2n) is 5.26. The third-order valence-electron chi connectivity index (χ3n) is 3.72. The van der Waals surface area contributed by atoms with Crippen molar-refractivity contribution >= 4 is 32.8 Å². The predicted molar refractivity (Wildman–Crippen MR) is 91.7 cm³/mol. The zero-order valence-electron chi connectivity index (χ0n) is 12.8. The van der Waals surface area contributed by atoms with E-state index in [1.54, 1.807) is 53.7 Å². The van der Waals surface area contributed by atoms with Crippen molar-refractivity contribution in [1.29, 1.82) is 0 Å². The van der Waals surface area contributed by atoms with Crippen LogP contribution in [0, 0.1) is 0 Å². The zero-order valence-corrected chi connectivity index (χ0v) is 14.4. The van der Waals surface area contributed by atoms with Gasteiger partial charge in [0.05, 0.1) is 18.0 Å². The topological polar surface area (TPSA) is 103 Å². The van der Waals surface area contributed by atoms with Crippen molar-refractivity contribution in [3.8, 4) is 0 Å². The van der Waals surface area contributed by atoms with Crippen LogP contribution in [-0.4, -0.2) is 33.5 Å². The van der Waals surface area contributed by atoms with Gasteiger partial charge in [-0.1, -0.05) is 6.07 Å². The second-order valence-corrected chi connectivity index (χ2v) is 7.52. The Morgan fingerprint density at radius 3 is 2.88 bits per heavy atom. The zero-order chi connectivity index (χ0) is 17.3. The van der Waals surface area contributed by atoms with E-state index in [0.29, 0.717) is 16.8 Å². The van der Waals surface area contributed by atoms with Crippen LogP contribution in [0.25, 0.3) is 11.0 Å². The molecule has 0 spiro atoms. The van der Waals surface area contributed by atoms with Crippen LogP contribution in [0.5, 0.6) is 0 Å². The molecule has 4 rings (SSSR count). The molecule has 0 amide bonds. The summed E-state index contributed by atoms with van der Waals surface area (Å²) in [5, 5.41) is 4.19. The van der Waals surface area contributed by atoms with E-state index in [-0.39, 0.29) is 11.4 Å². The normalized spacial score (nSPS) is 13.3. The molecule has 3 heterocycles. The Morgan fingerprint density at radius 2 is 2.12 bits per heavy atom. The van der Waals surface area contributed by atoms with Gasteiger partial charge in [0, 0.05) is 18.9 Å². The van der Waals surface area contributed by atoms with Gasteiger partial charge in [0.15, 0.2) is 0 Å². The molecule has 10 heteroatoms. The lowest BCUT2D eigenvalue weighted by Crippen LogP contribution is -2.31. The van der Waals surface area contributed by atoms with Gasteiger partial charge in [0.1, 0.15) is 27.7 Å². The van der Waals surface area contributed by atoms with E-state index in [1.165, 1.54) is 6.07 Å². The standard InChI is InChI=1S/C15H13N5O3S2/c21-25(22,14-6-1-4-11-15(14)19-24-18-11)17-10-12(13-5-2-9-23-13)20-8-3-7-16-20/h1-9,12,17H,10H2. The molecule has 1 atom stereocenters. The molecule has 0 saturated heterocycles. The van der Waals surface area contributed by atoms with Crippen molar-refractivity contribution in [3.63, 3.8) is 0 Å². The molecule has 0 saturated carbocycles. The fourth-order valence-corrected chi connectivity index (χ4v) is 4.34. The highest BCUT2D eigenvalue weighted by molar-refractivity contribution is 7.89. The highest BCUT2D eigenvalue weighted by Gasteiger charge is 2.24. The highest BCUT2D eigenvalue weighted by Crippen LogP contribution is 2.22. The van der Waals surface area contributed by atoms with Gasteiger partial charge in [0.2, 0.25) is 10.0 Å². The molecule has 1 unspecified atom stereocenters. The molecular weight excluding hydrogens is 362 g/mol. The molecule has 4 aromatic rings. The highest BCUT2D eigenvalue weighted by atomic mass is 32.2. The van der Waals surface area contributed by atoms with E-state index in [0.717, 1.165) is 11.7 Å². The van der Waals surface area contributed by atoms with E-state index in [4.69, 9.17) is 4.42 Å². The van der Waals surface area contributed by atoms with Crippen molar-refractivity contribution < 1.29 is 12.8 Å². The molecular formula is C15H13N5O3S2. The average molecular weight is 375 g/mol. The SMILES string of the molecule is O=S(=O)(NCC(c1ccco1)n1cccn1)c1cccc2nsnc12. The first-order chi connectivity index (χ1) is 12.1. The van der Waals surface area contributed by atoms with Gasteiger partial charge in [-0.2, -0.15) is 13.8 Å². The number of aromatic nitrogens is 4. The second kappa shape index (κ2) is 6.39. The number of hydrogen-bond acceptors (Lipinski definition) is 7. The summed E-state index contributed by atoms with van der Waals surface area (Å²) in [6.07, 6.45) is 4.93. The van der Waals surface area contributed by atoms with E-state index in [1.807, 2.05) is 0 Å². The summed E-state index contributed by atoms with van der Waals surface area (Å²) in [6.45, 7) is 0.0888. The molecule has 25 heavy (non-hydrogen) atoms. The van der Waals surface area contributed by atoms with Gasteiger partial charge in [0.25, 0.3) is 0 Å². The van der Waals surface area contributed by atoms with Gasteiger partial charge in [-0.05, 0) is 30.3 Å². The summed E-state index contributed by atoms with van der Waals surface area (Å²) in [7, 11) is -3.76. The molecule has 0 bridgehead atoms. The van der Waals surface area contributed by atoms with Crippen molar-refractivity contribution in [2.24, 2.45) is 0 Å². The molecule has 0 radical (unpaired) electrons. The molecule has 8 nitrogen and oxygen atoms in total. The fourth-order valence-electron chi connectivity index (χ4n) is 2.53. The minimum absolute atomic E-state index is 0.0888. The summed E-state index contributed by atoms with van der Waals surface area (Å²) < 4.78 is 43.4. The number of rotatable bonds is 6. The van der Waals surface area contributed by atoms with Crippen LogP contribution < -0.4 is 4.72 Å². The van der Waals surface area contributed by atoms with E-state index in [9.17, 15) is 8.42 Å². The number of nitrogens with one attached hydrogen (secondary N) is 1. The quantitative estimate of drug-likeness (QED) is 0.553. The summed E-state index contributed by atoms with van der Waals surface area (Å²) >= 11 is 0.982. The molecule has 1 N–H and O–H groups in total. The number of sulfonamides is 1. The van der Waals surface area contributed by atoms with Gasteiger partial charge in [-0.3, -0.25) is 4.68 Å². The first-order valence-corrected chi connectivity index (χ1v) is 9.60. The number of fused-ring (bicyclic) bond motifs is 1. The number of nitrogens with zero attached hydrogens (tertiary/aromatic N) is 4. The van der Waals surface area contributed by atoms with E-state index < -0.39 is 16.1 Å². The number of benzene rings is 1. The average Bonchev–Trinajstić information content (AvgIpc) is 3.36. The van der Waals surface area contributed by atoms with Crippen LogP contribution in [-0.2, 0) is 10.0 Å². The first kappa shape index (κ1) is 15.9. The van der Waals surface area contributed by atoms with Crippen molar-refractivity contribution in [1.82, 2.24) is 23.2 Å². The predicted octanol–water partition coefficient (Wildman–Crippen LogP) is 2.05. The third-order valence-corrected chi connectivity index (χ3v) is 5.72. The lowest BCUT2D eigenvalue weighted by atomic mass is 10.2. The summed E-state index contributed by atoms with van der Waals surface area (Å²) in [6, 6.07) is 9.80. The van der Waals surface area contributed by atoms with Crippen LogP contribution in [0.1, 0.15) is 11.8 Å². The van der Waals surface area contributed by atoms with Crippen LogP contribution in [0.2, 0.25) is 0 Å². The molecule has 0 aliphatic rings. The Morgan fingerprint density at radius 1 is 1.20 bits per heavy atom. The number of furan rings is 1. The van der Waals surface area contributed by atoms with Gasteiger partial charge < -0.3 is 4.42 Å². The van der Waals surface area contributed by atoms with Crippen molar-refractivity contribution in [3.05, 3.63) is 60.8 Å². The maximum absolute atomic E-state index is 12.8. The Hall–Kier alpha value is -2.56. The van der Waals surface area contributed by atoms with E-state index >= 15 is 0 Å². The Bertz CT molecular complexity index is 1040. The van der Waals surface area contributed by atoms with E-state index in [2.05, 4.69) is 18.6 Å². The van der Waals surface area contributed by atoms with Crippen molar-refractivity contribution in [2.75, 3.05) is 6.54 Å². The monoisotopic (exact) mass is 375 g/mol. The Labute approximate surface area is 147 Å². The van der Waals surface area contributed by atoms with Crippen molar-refractivity contribution in [2.45, 2.75) is 10.9 Å². The molecule has 0 aliphatic carbocycles. The maximum atomic E-state index is 12.8. The molecule has 128 valence electrons. The lowest BCUT2D eigenvalue weighted by molar-refractivity contribution is 0.402. The number of hydrogen-bond donors (Lipinski definition) is 1. The summed E-state index contributed by atoms with van der Waals surface area (Å²) in [4.78, 5) is 0.109. The van der Waals surface area contributed by atoms with Gasteiger partial charge >= 0.3 is 0 Å². The van der Waals surface area contributed by atoms with Gasteiger partial charge in [-0.15, -0.1) is 0 Å². The van der Waals surface area contributed by atoms with Crippen LogP contribution in [0.3, 0.4) is 0 Å². The summed E-state index contributed by atoms with van der Waals surface area (Å²) in [5.41, 5.74) is 0.927. The molecule has 0 fully saturated rings.